The second-order valence-electron chi connectivity index (χ2n) is 7.82. The maximum Gasteiger partial charge on any atom is 0.247 e. The van der Waals surface area contributed by atoms with Crippen LogP contribution in [-0.4, -0.2) is 25.0 Å². The van der Waals surface area contributed by atoms with Gasteiger partial charge in [0.05, 0.1) is 12.8 Å². The quantitative estimate of drug-likeness (QED) is 0.703. The fourth-order valence-electron chi connectivity index (χ4n) is 3.51. The molecule has 1 aromatic rings. The average Bonchev–Trinajstić information content (AvgIpc) is 2.64. The SMILES string of the molecule is COc1cc(Cl)c(C)cc1NC(=O)[C@@H](CC(C)C)NC(=O)C1CCCCC1. The van der Waals surface area contributed by atoms with Gasteiger partial charge < -0.3 is 15.4 Å². The lowest BCUT2D eigenvalue weighted by Gasteiger charge is -2.25. The third-order valence-electron chi connectivity index (χ3n) is 5.05. The van der Waals surface area contributed by atoms with Crippen LogP contribution in [0.25, 0.3) is 0 Å². The van der Waals surface area contributed by atoms with Gasteiger partial charge in [-0.05, 0) is 43.7 Å². The highest BCUT2D eigenvalue weighted by Crippen LogP contribution is 2.31. The molecule has 2 N–H and O–H groups in total. The van der Waals surface area contributed by atoms with Gasteiger partial charge in [-0.25, -0.2) is 0 Å². The van der Waals surface area contributed by atoms with E-state index < -0.39 is 6.04 Å². The standard InChI is InChI=1S/C21H31ClN2O3/c1-13(2)10-18(24-20(25)15-8-6-5-7-9-15)21(26)23-17-11-14(3)16(22)12-19(17)27-4/h11-13,15,18H,5-10H2,1-4H3,(H,23,26)(H,24,25)/t18-/m1/s1. The lowest BCUT2D eigenvalue weighted by molar-refractivity contribution is -0.130. The minimum Gasteiger partial charge on any atom is -0.495 e. The van der Waals surface area contributed by atoms with Crippen molar-refractivity contribution in [2.24, 2.45) is 11.8 Å². The summed E-state index contributed by atoms with van der Waals surface area (Å²) in [6.07, 6.45) is 5.76. The predicted molar refractivity (Wildman–Crippen MR) is 109 cm³/mol. The van der Waals surface area contributed by atoms with Gasteiger partial charge in [0.1, 0.15) is 11.8 Å². The molecule has 0 aromatic heterocycles. The van der Waals surface area contributed by atoms with E-state index >= 15 is 0 Å². The lowest BCUT2D eigenvalue weighted by atomic mass is 9.88. The molecule has 1 aromatic carbocycles. The number of hydrogen-bond acceptors (Lipinski definition) is 3. The smallest absolute Gasteiger partial charge is 0.247 e. The van der Waals surface area contributed by atoms with Crippen molar-refractivity contribution in [2.75, 3.05) is 12.4 Å². The molecule has 0 spiro atoms. The first-order valence-electron chi connectivity index (χ1n) is 9.77. The van der Waals surface area contributed by atoms with E-state index in [1.807, 2.05) is 20.8 Å². The van der Waals surface area contributed by atoms with Crippen LogP contribution in [0.5, 0.6) is 5.75 Å². The molecule has 0 unspecified atom stereocenters. The summed E-state index contributed by atoms with van der Waals surface area (Å²) in [7, 11) is 1.53. The van der Waals surface area contributed by atoms with E-state index in [1.165, 1.54) is 13.5 Å². The zero-order valence-corrected chi connectivity index (χ0v) is 17.5. The first-order valence-corrected chi connectivity index (χ1v) is 10.1. The van der Waals surface area contributed by atoms with Crippen LogP contribution in [0.4, 0.5) is 5.69 Å². The Bertz CT molecular complexity index is 670. The fraction of sp³-hybridized carbons (Fsp3) is 0.619. The maximum atomic E-state index is 12.9. The van der Waals surface area contributed by atoms with E-state index in [2.05, 4.69) is 10.6 Å². The predicted octanol–water partition coefficient (Wildman–Crippen LogP) is 4.71. The molecule has 1 aliphatic rings. The normalized spacial score (nSPS) is 16.1. The highest BCUT2D eigenvalue weighted by Gasteiger charge is 2.27. The van der Waals surface area contributed by atoms with Gasteiger partial charge in [-0.2, -0.15) is 0 Å². The van der Waals surface area contributed by atoms with Gasteiger partial charge in [-0.15, -0.1) is 0 Å². The van der Waals surface area contributed by atoms with Crippen molar-refractivity contribution in [3.8, 4) is 5.75 Å². The van der Waals surface area contributed by atoms with Crippen molar-refractivity contribution >= 4 is 29.1 Å². The van der Waals surface area contributed by atoms with Crippen LogP contribution in [0.15, 0.2) is 12.1 Å². The van der Waals surface area contributed by atoms with E-state index in [-0.39, 0.29) is 23.7 Å². The van der Waals surface area contributed by atoms with Gasteiger partial charge in [0.15, 0.2) is 0 Å². The van der Waals surface area contributed by atoms with Crippen LogP contribution in [-0.2, 0) is 9.59 Å². The first-order chi connectivity index (χ1) is 12.8. The minimum atomic E-state index is -0.569. The number of nitrogens with one attached hydrogen (secondary N) is 2. The zero-order chi connectivity index (χ0) is 20.0. The average molecular weight is 395 g/mol. The van der Waals surface area contributed by atoms with E-state index in [4.69, 9.17) is 16.3 Å². The van der Waals surface area contributed by atoms with Crippen LogP contribution in [0.3, 0.4) is 0 Å². The summed E-state index contributed by atoms with van der Waals surface area (Å²) in [6.45, 7) is 5.95. The van der Waals surface area contributed by atoms with Gasteiger partial charge >= 0.3 is 0 Å². The molecule has 150 valence electrons. The molecule has 0 bridgehead atoms. The van der Waals surface area contributed by atoms with Crippen LogP contribution in [0.1, 0.15) is 57.9 Å². The minimum absolute atomic E-state index is 0.00486. The summed E-state index contributed by atoms with van der Waals surface area (Å²) >= 11 is 6.14. The number of benzene rings is 1. The third-order valence-corrected chi connectivity index (χ3v) is 5.46. The molecule has 6 heteroatoms. The van der Waals surface area contributed by atoms with Crippen LogP contribution < -0.4 is 15.4 Å². The topological polar surface area (TPSA) is 67.4 Å². The number of anilines is 1. The number of halogens is 1. The molecular weight excluding hydrogens is 364 g/mol. The Kier molecular flexibility index (Phi) is 7.96. The summed E-state index contributed by atoms with van der Waals surface area (Å²) in [5.41, 5.74) is 1.41. The molecule has 27 heavy (non-hydrogen) atoms. The monoisotopic (exact) mass is 394 g/mol. The van der Waals surface area contributed by atoms with E-state index in [9.17, 15) is 9.59 Å². The second kappa shape index (κ2) is 9.98. The number of methoxy groups -OCH3 is 1. The van der Waals surface area contributed by atoms with Crippen molar-refractivity contribution in [3.05, 3.63) is 22.7 Å². The van der Waals surface area contributed by atoms with E-state index in [1.54, 1.807) is 12.1 Å². The Balaban J connectivity index is 2.12. The second-order valence-corrected chi connectivity index (χ2v) is 8.22. The number of carbonyl (C=O) groups is 2. The highest BCUT2D eigenvalue weighted by molar-refractivity contribution is 6.31. The van der Waals surface area contributed by atoms with Crippen LogP contribution in [0.2, 0.25) is 5.02 Å². The summed E-state index contributed by atoms with van der Waals surface area (Å²) < 4.78 is 5.33. The van der Waals surface area contributed by atoms with Gasteiger partial charge in [-0.3, -0.25) is 9.59 Å². The van der Waals surface area contributed by atoms with Gasteiger partial charge in [0.2, 0.25) is 11.8 Å². The zero-order valence-electron chi connectivity index (χ0n) is 16.7. The first kappa shape index (κ1) is 21.5. The summed E-state index contributed by atoms with van der Waals surface area (Å²) in [6, 6.07) is 2.90. The summed E-state index contributed by atoms with van der Waals surface area (Å²) in [5.74, 6) is 0.568. The van der Waals surface area contributed by atoms with Crippen LogP contribution in [0, 0.1) is 18.8 Å². The molecule has 5 nitrogen and oxygen atoms in total. The number of hydrogen-bond donors (Lipinski definition) is 2. The molecule has 0 heterocycles. The summed E-state index contributed by atoms with van der Waals surface area (Å²) in [5, 5.41) is 6.47. The summed E-state index contributed by atoms with van der Waals surface area (Å²) in [4.78, 5) is 25.6. The highest BCUT2D eigenvalue weighted by atomic mass is 35.5. The number of ether oxygens (including phenoxy) is 1. The molecule has 0 aliphatic heterocycles. The molecule has 1 aliphatic carbocycles. The van der Waals surface area contributed by atoms with E-state index in [0.717, 1.165) is 31.2 Å². The Labute approximate surface area is 167 Å². The number of carbonyl (C=O) groups excluding carboxylic acids is 2. The number of rotatable bonds is 7. The molecular formula is C21H31ClN2O3. The van der Waals surface area contributed by atoms with Gasteiger partial charge in [-0.1, -0.05) is 44.7 Å². The van der Waals surface area contributed by atoms with Gasteiger partial charge in [0.25, 0.3) is 0 Å². The molecule has 1 fully saturated rings. The third kappa shape index (κ3) is 6.13. The maximum absolute atomic E-state index is 12.9. The lowest BCUT2D eigenvalue weighted by Crippen LogP contribution is -2.47. The largest absolute Gasteiger partial charge is 0.495 e. The Morgan fingerprint density at radius 1 is 1.22 bits per heavy atom. The Hall–Kier alpha value is -1.75. The van der Waals surface area contributed by atoms with Crippen molar-refractivity contribution in [3.63, 3.8) is 0 Å². The molecule has 0 saturated heterocycles. The number of amides is 2. The molecule has 0 radical (unpaired) electrons. The van der Waals surface area contributed by atoms with Crippen molar-refractivity contribution in [1.29, 1.82) is 0 Å². The van der Waals surface area contributed by atoms with Crippen molar-refractivity contribution < 1.29 is 14.3 Å². The Morgan fingerprint density at radius 2 is 1.89 bits per heavy atom. The van der Waals surface area contributed by atoms with Crippen molar-refractivity contribution in [2.45, 2.75) is 65.3 Å². The molecule has 2 amide bonds. The number of aryl methyl sites for hydroxylation is 1. The fourth-order valence-corrected chi connectivity index (χ4v) is 3.66. The molecule has 1 atom stereocenters. The van der Waals surface area contributed by atoms with Crippen molar-refractivity contribution in [1.82, 2.24) is 5.32 Å². The van der Waals surface area contributed by atoms with Gasteiger partial charge in [0, 0.05) is 17.0 Å². The molecule has 2 rings (SSSR count). The van der Waals surface area contributed by atoms with E-state index in [0.29, 0.717) is 22.9 Å². The molecule has 1 saturated carbocycles. The Morgan fingerprint density at radius 3 is 2.48 bits per heavy atom. The van der Waals surface area contributed by atoms with Crippen LogP contribution >= 0.6 is 11.6 Å².